The fraction of sp³-hybridized carbons (Fsp3) is 0.381. The summed E-state index contributed by atoms with van der Waals surface area (Å²) in [5, 5.41) is 9.68. The molecule has 162 valence electrons. The minimum Gasteiger partial charge on any atom is -0.493 e. The van der Waals surface area contributed by atoms with Crippen molar-refractivity contribution in [2.45, 2.75) is 31.1 Å². The van der Waals surface area contributed by atoms with Gasteiger partial charge in [-0.15, -0.1) is 0 Å². The highest BCUT2D eigenvalue weighted by molar-refractivity contribution is 9.10. The number of carboxylic acid groups (broad SMARTS) is 1. The molecule has 1 aliphatic rings. The van der Waals surface area contributed by atoms with E-state index in [-0.39, 0.29) is 0 Å². The van der Waals surface area contributed by atoms with Gasteiger partial charge in [0.2, 0.25) is 0 Å². The Labute approximate surface area is 180 Å². The molecule has 0 aromatic heterocycles. The molecule has 5 nitrogen and oxygen atoms in total. The molecule has 0 aliphatic carbocycles. The summed E-state index contributed by atoms with van der Waals surface area (Å²) in [6.45, 7) is 0.443. The monoisotopic (exact) mass is 487 g/mol. The highest BCUT2D eigenvalue weighted by Crippen LogP contribution is 2.43. The molecule has 1 aliphatic heterocycles. The number of nitrogens with zero attached hydrogens (tertiary/aromatic N) is 1. The van der Waals surface area contributed by atoms with Gasteiger partial charge in [0.25, 0.3) is 0 Å². The van der Waals surface area contributed by atoms with Crippen LogP contribution >= 0.6 is 15.9 Å². The number of hydrogen-bond acceptors (Lipinski definition) is 4. The van der Waals surface area contributed by atoms with Crippen molar-refractivity contribution in [3.05, 3.63) is 57.6 Å². The number of methoxy groups -OCH3 is 2. The minimum absolute atomic E-state index is 0.353. The van der Waals surface area contributed by atoms with Crippen molar-refractivity contribution in [2.24, 2.45) is 0 Å². The summed E-state index contributed by atoms with van der Waals surface area (Å²) in [6.07, 6.45) is -3.44. The van der Waals surface area contributed by atoms with Crippen LogP contribution in [0.3, 0.4) is 0 Å². The molecule has 0 spiro atoms. The molecule has 1 heterocycles. The Morgan fingerprint density at radius 1 is 1.20 bits per heavy atom. The number of rotatable bonds is 6. The molecule has 2 aromatic carbocycles. The van der Waals surface area contributed by atoms with Gasteiger partial charge in [-0.2, -0.15) is 13.2 Å². The van der Waals surface area contributed by atoms with E-state index in [0.29, 0.717) is 46.5 Å². The minimum atomic E-state index is -4.51. The van der Waals surface area contributed by atoms with Crippen molar-refractivity contribution in [3.8, 4) is 11.5 Å². The van der Waals surface area contributed by atoms with Crippen LogP contribution in [-0.2, 0) is 11.0 Å². The lowest BCUT2D eigenvalue weighted by atomic mass is 9.94. The number of halogens is 4. The Kier molecular flexibility index (Phi) is 6.62. The third-order valence-electron chi connectivity index (χ3n) is 5.24. The van der Waals surface area contributed by atoms with Crippen molar-refractivity contribution in [1.29, 1.82) is 0 Å². The molecule has 0 amide bonds. The van der Waals surface area contributed by atoms with Crippen LogP contribution in [0.15, 0.2) is 40.9 Å². The van der Waals surface area contributed by atoms with E-state index in [9.17, 15) is 23.1 Å². The van der Waals surface area contributed by atoms with Gasteiger partial charge >= 0.3 is 12.1 Å². The van der Waals surface area contributed by atoms with Crippen LogP contribution in [0.2, 0.25) is 0 Å². The van der Waals surface area contributed by atoms with Crippen molar-refractivity contribution >= 4 is 21.9 Å². The first-order valence-corrected chi connectivity index (χ1v) is 10.0. The molecule has 0 bridgehead atoms. The Morgan fingerprint density at radius 3 is 2.47 bits per heavy atom. The van der Waals surface area contributed by atoms with Crippen LogP contribution < -0.4 is 9.47 Å². The van der Waals surface area contributed by atoms with Crippen LogP contribution in [0.5, 0.6) is 11.5 Å². The molecular formula is C21H21BrF3NO4. The normalized spacial score (nSPS) is 18.3. The van der Waals surface area contributed by atoms with Gasteiger partial charge in [0.1, 0.15) is 6.04 Å². The predicted molar refractivity (Wildman–Crippen MR) is 108 cm³/mol. The molecular weight excluding hydrogens is 467 g/mol. The quantitative estimate of drug-likeness (QED) is 0.612. The molecule has 3 rings (SSSR count). The average molecular weight is 488 g/mol. The standard InChI is InChI=1S/C21H21BrF3NO4/c1-29-17-10-14(15(22)11-18(17)30-2)19(26-8-4-7-16(26)20(27)28)12-5-3-6-13(9-12)21(23,24)25/h3,5-6,9-11,16,19H,4,7-8H2,1-2H3,(H,27,28). The maximum atomic E-state index is 13.4. The third kappa shape index (κ3) is 4.41. The van der Waals surface area contributed by atoms with E-state index < -0.39 is 29.8 Å². The molecule has 0 radical (unpaired) electrons. The van der Waals surface area contributed by atoms with Crippen molar-refractivity contribution in [1.82, 2.24) is 4.90 Å². The molecule has 1 saturated heterocycles. The van der Waals surface area contributed by atoms with Crippen molar-refractivity contribution in [2.75, 3.05) is 20.8 Å². The number of aliphatic carboxylic acids is 1. The zero-order valence-corrected chi connectivity index (χ0v) is 18.0. The second-order valence-electron chi connectivity index (χ2n) is 6.99. The Bertz CT molecular complexity index is 935. The summed E-state index contributed by atoms with van der Waals surface area (Å²) in [6, 6.07) is 6.82. The lowest BCUT2D eigenvalue weighted by Crippen LogP contribution is -2.39. The lowest BCUT2D eigenvalue weighted by Gasteiger charge is -2.33. The van der Waals surface area contributed by atoms with Gasteiger partial charge in [0.05, 0.1) is 25.8 Å². The second-order valence-corrected chi connectivity index (χ2v) is 7.84. The van der Waals surface area contributed by atoms with E-state index in [2.05, 4.69) is 15.9 Å². The first kappa shape index (κ1) is 22.4. The number of ether oxygens (including phenoxy) is 2. The third-order valence-corrected chi connectivity index (χ3v) is 5.92. The second kappa shape index (κ2) is 8.85. The fourth-order valence-corrected chi connectivity index (χ4v) is 4.42. The molecule has 0 saturated carbocycles. The van der Waals surface area contributed by atoms with Gasteiger partial charge in [-0.3, -0.25) is 9.69 Å². The summed E-state index contributed by atoms with van der Waals surface area (Å²) >= 11 is 3.48. The van der Waals surface area contributed by atoms with Crippen LogP contribution in [-0.4, -0.2) is 42.8 Å². The number of hydrogen-bond donors (Lipinski definition) is 1. The molecule has 2 aromatic rings. The number of benzene rings is 2. The van der Waals surface area contributed by atoms with Crippen molar-refractivity contribution < 1.29 is 32.5 Å². The van der Waals surface area contributed by atoms with E-state index in [0.717, 1.165) is 12.1 Å². The molecule has 1 N–H and O–H groups in total. The molecule has 30 heavy (non-hydrogen) atoms. The largest absolute Gasteiger partial charge is 0.493 e. The zero-order chi connectivity index (χ0) is 22.1. The highest BCUT2D eigenvalue weighted by atomic mass is 79.9. The molecule has 2 atom stereocenters. The Morgan fingerprint density at radius 2 is 1.87 bits per heavy atom. The Hall–Kier alpha value is -2.26. The topological polar surface area (TPSA) is 59.0 Å². The van der Waals surface area contributed by atoms with Crippen LogP contribution in [0.4, 0.5) is 13.2 Å². The fourth-order valence-electron chi connectivity index (χ4n) is 3.88. The first-order valence-electron chi connectivity index (χ1n) is 9.24. The maximum absolute atomic E-state index is 13.4. The maximum Gasteiger partial charge on any atom is 0.416 e. The number of carbonyl (C=O) groups is 1. The van der Waals surface area contributed by atoms with Crippen molar-refractivity contribution in [3.63, 3.8) is 0 Å². The van der Waals surface area contributed by atoms with E-state index in [1.54, 1.807) is 23.1 Å². The van der Waals surface area contributed by atoms with Gasteiger partial charge < -0.3 is 14.6 Å². The van der Waals surface area contributed by atoms with Crippen LogP contribution in [0.25, 0.3) is 0 Å². The van der Waals surface area contributed by atoms with E-state index in [4.69, 9.17) is 9.47 Å². The van der Waals surface area contributed by atoms with Gasteiger partial charge in [-0.25, -0.2) is 0 Å². The van der Waals surface area contributed by atoms with Crippen LogP contribution in [0, 0.1) is 0 Å². The summed E-state index contributed by atoms with van der Waals surface area (Å²) in [5.41, 5.74) is 0.165. The average Bonchev–Trinajstić information content (AvgIpc) is 3.18. The lowest BCUT2D eigenvalue weighted by molar-refractivity contribution is -0.143. The number of likely N-dealkylation sites (tertiary alicyclic amines) is 1. The van der Waals surface area contributed by atoms with Gasteiger partial charge in [-0.05, 0) is 48.2 Å². The molecule has 2 unspecified atom stereocenters. The summed E-state index contributed by atoms with van der Waals surface area (Å²) in [7, 11) is 2.94. The summed E-state index contributed by atoms with van der Waals surface area (Å²) in [5.74, 6) is -0.146. The number of alkyl halides is 3. The van der Waals surface area contributed by atoms with E-state index in [1.165, 1.54) is 20.3 Å². The van der Waals surface area contributed by atoms with Gasteiger partial charge in [0, 0.05) is 11.0 Å². The highest BCUT2D eigenvalue weighted by Gasteiger charge is 2.39. The van der Waals surface area contributed by atoms with Crippen LogP contribution in [0.1, 0.15) is 35.6 Å². The van der Waals surface area contributed by atoms with E-state index in [1.807, 2.05) is 0 Å². The smallest absolute Gasteiger partial charge is 0.416 e. The molecule has 9 heteroatoms. The predicted octanol–water partition coefficient (Wildman–Crippen LogP) is 5.12. The summed E-state index contributed by atoms with van der Waals surface area (Å²) < 4.78 is 51.3. The Balaban J connectivity index is 2.21. The zero-order valence-electron chi connectivity index (χ0n) is 16.4. The van der Waals surface area contributed by atoms with E-state index >= 15 is 0 Å². The first-order chi connectivity index (χ1) is 14.2. The van der Waals surface area contributed by atoms with Gasteiger partial charge in [0.15, 0.2) is 11.5 Å². The van der Waals surface area contributed by atoms with Gasteiger partial charge in [-0.1, -0.05) is 28.1 Å². The number of carboxylic acids is 1. The molecule has 1 fully saturated rings. The SMILES string of the molecule is COc1cc(Br)c(C(c2cccc(C(F)(F)F)c2)N2CCCC2C(=O)O)cc1OC. The summed E-state index contributed by atoms with van der Waals surface area (Å²) in [4.78, 5) is 13.6.